The van der Waals surface area contributed by atoms with Crippen molar-refractivity contribution in [1.29, 1.82) is 5.41 Å². The lowest BCUT2D eigenvalue weighted by Gasteiger charge is -2.30. The second-order valence-electron chi connectivity index (χ2n) is 10.5. The first-order chi connectivity index (χ1) is 20.4. The predicted octanol–water partition coefficient (Wildman–Crippen LogP) is 1.48. The van der Waals surface area contributed by atoms with Gasteiger partial charge in [-0.1, -0.05) is 24.3 Å². The number of ketones is 1. The van der Waals surface area contributed by atoms with Crippen LogP contribution < -0.4 is 16.0 Å². The van der Waals surface area contributed by atoms with Gasteiger partial charge in [0, 0.05) is 56.0 Å². The second kappa shape index (κ2) is 13.7. The molecule has 0 aliphatic carbocycles. The molecule has 42 heavy (non-hydrogen) atoms. The Labute approximate surface area is 245 Å². The average Bonchev–Trinajstić information content (AvgIpc) is 3.38. The molecule has 0 bridgehead atoms. The number of carbonyl (C=O) groups excluding carboxylic acids is 3. The number of ether oxygens (including phenoxy) is 3. The van der Waals surface area contributed by atoms with Gasteiger partial charge in [0.1, 0.15) is 11.9 Å². The number of nitrogen functional groups attached to an aromatic ring is 1. The molecule has 4 N–H and O–H groups in total. The molecule has 222 valence electrons. The van der Waals surface area contributed by atoms with Crippen molar-refractivity contribution in [2.24, 2.45) is 5.73 Å². The lowest BCUT2D eigenvalue weighted by Crippen LogP contribution is -2.43. The zero-order valence-electron chi connectivity index (χ0n) is 23.6. The molecule has 1 amide bonds. The van der Waals surface area contributed by atoms with E-state index in [1.807, 2.05) is 36.4 Å². The lowest BCUT2D eigenvalue weighted by atomic mass is 10.0. The maximum absolute atomic E-state index is 13.8. The SMILES string of the molecule is N=C(N)c1ccc(N2CC(N3CCOCC3)=C(c3ccc(CCC(=O)OCCC(=O)C4CNCCO4)cc3)C2=O)cc1. The Morgan fingerprint density at radius 2 is 1.76 bits per heavy atom. The number of anilines is 1. The van der Waals surface area contributed by atoms with Crippen LogP contribution in [0, 0.1) is 5.41 Å². The summed E-state index contributed by atoms with van der Waals surface area (Å²) in [5.74, 6) is -0.533. The minimum absolute atomic E-state index is 0.0203. The van der Waals surface area contributed by atoms with Crippen molar-refractivity contribution in [1.82, 2.24) is 10.2 Å². The fourth-order valence-electron chi connectivity index (χ4n) is 5.33. The monoisotopic (exact) mass is 575 g/mol. The van der Waals surface area contributed by atoms with E-state index in [0.29, 0.717) is 63.6 Å². The molecule has 1 unspecified atom stereocenters. The van der Waals surface area contributed by atoms with E-state index >= 15 is 0 Å². The van der Waals surface area contributed by atoms with Crippen molar-refractivity contribution in [3.63, 3.8) is 0 Å². The number of nitrogens with one attached hydrogen (secondary N) is 2. The highest BCUT2D eigenvalue weighted by Gasteiger charge is 2.35. The third-order valence-corrected chi connectivity index (χ3v) is 7.70. The van der Waals surface area contributed by atoms with Gasteiger partial charge in [-0.2, -0.15) is 0 Å². The van der Waals surface area contributed by atoms with E-state index in [2.05, 4.69) is 10.2 Å². The van der Waals surface area contributed by atoms with Gasteiger partial charge in [0.15, 0.2) is 5.78 Å². The second-order valence-corrected chi connectivity index (χ2v) is 10.5. The van der Waals surface area contributed by atoms with Crippen molar-refractivity contribution in [3.8, 4) is 0 Å². The van der Waals surface area contributed by atoms with Gasteiger partial charge >= 0.3 is 5.97 Å². The summed E-state index contributed by atoms with van der Waals surface area (Å²) in [4.78, 5) is 42.2. The van der Waals surface area contributed by atoms with Crippen molar-refractivity contribution in [2.45, 2.75) is 25.4 Å². The summed E-state index contributed by atoms with van der Waals surface area (Å²) in [6, 6.07) is 14.8. The van der Waals surface area contributed by atoms with Gasteiger partial charge in [-0.05, 0) is 41.8 Å². The first-order valence-corrected chi connectivity index (χ1v) is 14.3. The highest BCUT2D eigenvalue weighted by atomic mass is 16.5. The van der Waals surface area contributed by atoms with Crippen molar-refractivity contribution in [3.05, 3.63) is 70.9 Å². The third-order valence-electron chi connectivity index (χ3n) is 7.70. The Morgan fingerprint density at radius 3 is 2.43 bits per heavy atom. The molecule has 2 aromatic rings. The van der Waals surface area contributed by atoms with Gasteiger partial charge < -0.3 is 35.1 Å². The molecule has 2 aromatic carbocycles. The zero-order valence-corrected chi connectivity index (χ0v) is 23.6. The molecule has 1 atom stereocenters. The van der Waals surface area contributed by atoms with Gasteiger partial charge in [-0.15, -0.1) is 0 Å². The first kappa shape index (κ1) is 29.4. The van der Waals surface area contributed by atoms with Gasteiger partial charge in [0.25, 0.3) is 5.91 Å². The number of hydrogen-bond acceptors (Lipinski definition) is 9. The summed E-state index contributed by atoms with van der Waals surface area (Å²) < 4.78 is 16.3. The molecule has 5 rings (SSSR count). The highest BCUT2D eigenvalue weighted by Crippen LogP contribution is 2.34. The van der Waals surface area contributed by atoms with Gasteiger partial charge in [-0.25, -0.2) is 0 Å². The third kappa shape index (κ3) is 7.04. The summed E-state index contributed by atoms with van der Waals surface area (Å²) in [7, 11) is 0. The number of carbonyl (C=O) groups is 3. The van der Waals surface area contributed by atoms with Crippen LogP contribution in [0.5, 0.6) is 0 Å². The first-order valence-electron chi connectivity index (χ1n) is 14.3. The molecule has 3 aliphatic rings. The highest BCUT2D eigenvalue weighted by molar-refractivity contribution is 6.29. The molecule has 2 fully saturated rings. The molecule has 2 saturated heterocycles. The molecule has 11 nitrogen and oxygen atoms in total. The number of nitrogens with two attached hydrogens (primary N) is 1. The number of esters is 1. The Hall–Kier alpha value is -4.06. The Morgan fingerprint density at radius 1 is 1.02 bits per heavy atom. The van der Waals surface area contributed by atoms with Crippen LogP contribution in [-0.4, -0.2) is 93.7 Å². The van der Waals surface area contributed by atoms with Crippen molar-refractivity contribution < 1.29 is 28.6 Å². The quantitative estimate of drug-likeness (QED) is 0.206. The van der Waals surface area contributed by atoms with Crippen LogP contribution in [0.15, 0.2) is 54.2 Å². The zero-order chi connectivity index (χ0) is 29.5. The number of aryl methyl sites for hydroxylation is 1. The van der Waals surface area contributed by atoms with E-state index in [9.17, 15) is 14.4 Å². The number of morpholine rings is 2. The topological polar surface area (TPSA) is 147 Å². The number of rotatable bonds is 11. The summed E-state index contributed by atoms with van der Waals surface area (Å²) >= 11 is 0. The number of amides is 1. The van der Waals surface area contributed by atoms with E-state index in [1.54, 1.807) is 17.0 Å². The Kier molecular flexibility index (Phi) is 9.63. The molecule has 3 aliphatic heterocycles. The molecule has 3 heterocycles. The molecule has 0 spiro atoms. The van der Waals surface area contributed by atoms with E-state index in [1.165, 1.54) is 0 Å². The molecule has 11 heteroatoms. The number of Topliss-reactive ketones (excluding diaryl/α,β-unsaturated/α-hetero) is 1. The molecule has 0 saturated carbocycles. The van der Waals surface area contributed by atoms with E-state index in [-0.39, 0.29) is 42.9 Å². The molecular formula is C31H37N5O6. The van der Waals surface area contributed by atoms with Crippen LogP contribution in [0.4, 0.5) is 5.69 Å². The number of hydrogen-bond donors (Lipinski definition) is 3. The van der Waals surface area contributed by atoms with Crippen molar-refractivity contribution in [2.75, 3.05) is 64.1 Å². The van der Waals surface area contributed by atoms with Crippen LogP contribution in [0.25, 0.3) is 5.57 Å². The summed E-state index contributed by atoms with van der Waals surface area (Å²) in [6.45, 7) is 4.84. The Balaban J connectivity index is 1.21. The lowest BCUT2D eigenvalue weighted by molar-refractivity contribution is -0.145. The fraction of sp³-hybridized carbons (Fsp3) is 0.419. The molecule has 0 aromatic heterocycles. The Bertz CT molecular complexity index is 1330. The normalized spacial score (nSPS) is 19.2. The van der Waals surface area contributed by atoms with Crippen LogP contribution in [0.3, 0.4) is 0 Å². The average molecular weight is 576 g/mol. The molecule has 0 radical (unpaired) electrons. The van der Waals surface area contributed by atoms with E-state index in [4.69, 9.17) is 25.4 Å². The minimum Gasteiger partial charge on any atom is -0.465 e. The maximum atomic E-state index is 13.8. The van der Waals surface area contributed by atoms with Gasteiger partial charge in [-0.3, -0.25) is 19.8 Å². The summed E-state index contributed by atoms with van der Waals surface area (Å²) in [6.07, 6.45) is 0.348. The standard InChI is InChI=1S/C31H37N5O6/c32-30(33)23-6-8-24(9-7-23)36-20-25(35-13-17-40-18-14-35)29(31(36)39)22-4-1-21(2-5-22)3-10-28(38)42-15-11-26(37)27-19-34-12-16-41-27/h1-2,4-9,27,34H,3,10-20H2,(H3,32,33). The smallest absolute Gasteiger partial charge is 0.306 e. The predicted molar refractivity (Wildman–Crippen MR) is 157 cm³/mol. The van der Waals surface area contributed by atoms with Crippen LogP contribution >= 0.6 is 0 Å². The van der Waals surface area contributed by atoms with Crippen LogP contribution in [0.2, 0.25) is 0 Å². The minimum atomic E-state index is -0.471. The fourth-order valence-corrected chi connectivity index (χ4v) is 5.33. The number of nitrogens with zero attached hydrogens (tertiary/aromatic N) is 2. The van der Waals surface area contributed by atoms with Gasteiger partial charge in [0.2, 0.25) is 0 Å². The number of amidine groups is 1. The molecular weight excluding hydrogens is 538 g/mol. The van der Waals surface area contributed by atoms with Crippen LogP contribution in [0.1, 0.15) is 29.5 Å². The van der Waals surface area contributed by atoms with E-state index in [0.717, 1.165) is 29.1 Å². The summed E-state index contributed by atoms with van der Waals surface area (Å²) in [5.41, 5.74) is 10.3. The van der Waals surface area contributed by atoms with Crippen LogP contribution in [-0.2, 0) is 35.0 Å². The van der Waals surface area contributed by atoms with Crippen molar-refractivity contribution >= 4 is 34.8 Å². The maximum Gasteiger partial charge on any atom is 0.306 e. The largest absolute Gasteiger partial charge is 0.465 e. The van der Waals surface area contributed by atoms with Gasteiger partial charge in [0.05, 0.1) is 38.5 Å². The van der Waals surface area contributed by atoms with E-state index < -0.39 is 6.10 Å². The number of benzene rings is 2. The summed E-state index contributed by atoms with van der Waals surface area (Å²) in [5, 5.41) is 10.8.